The molecule has 0 aromatic carbocycles. The molecule has 1 saturated carbocycles. The highest BCUT2D eigenvalue weighted by atomic mass is 127. The van der Waals surface area contributed by atoms with Gasteiger partial charge in [-0.1, -0.05) is 27.7 Å². The van der Waals surface area contributed by atoms with E-state index >= 15 is 0 Å². The van der Waals surface area contributed by atoms with Crippen LogP contribution in [0, 0.1) is 16.7 Å². The van der Waals surface area contributed by atoms with E-state index in [1.807, 2.05) is 0 Å². The molecule has 1 aliphatic heterocycles. The zero-order valence-corrected chi connectivity index (χ0v) is 15.1. The molecule has 4 nitrogen and oxygen atoms in total. The summed E-state index contributed by atoms with van der Waals surface area (Å²) in [5.41, 5.74) is 6.85. The van der Waals surface area contributed by atoms with Crippen LogP contribution in [0.25, 0.3) is 0 Å². The minimum Gasteiger partial charge on any atom is -0.375 e. The molecule has 112 valence electrons. The van der Waals surface area contributed by atoms with Gasteiger partial charge in [0.2, 0.25) is 0 Å². The minimum absolute atomic E-state index is 0. The second kappa shape index (κ2) is 5.76. The van der Waals surface area contributed by atoms with E-state index in [-0.39, 0.29) is 30.1 Å². The van der Waals surface area contributed by atoms with Crippen LogP contribution in [0.5, 0.6) is 0 Å². The number of hydrogen-bond donors (Lipinski definition) is 1. The molecule has 0 amide bonds. The summed E-state index contributed by atoms with van der Waals surface area (Å²) in [5, 5.41) is 0. The van der Waals surface area contributed by atoms with Crippen LogP contribution in [0.3, 0.4) is 0 Å². The van der Waals surface area contributed by atoms with Gasteiger partial charge in [0.1, 0.15) is 0 Å². The van der Waals surface area contributed by atoms with E-state index in [4.69, 9.17) is 10.5 Å². The van der Waals surface area contributed by atoms with Crippen molar-refractivity contribution in [1.82, 2.24) is 4.90 Å². The predicted molar refractivity (Wildman–Crippen MR) is 89.9 cm³/mol. The molecule has 5 heteroatoms. The summed E-state index contributed by atoms with van der Waals surface area (Å²) < 4.78 is 5.51. The summed E-state index contributed by atoms with van der Waals surface area (Å²) in [6.45, 7) is 14.7. The Hall–Kier alpha value is -0.0400. The number of halogens is 1. The van der Waals surface area contributed by atoms with Crippen LogP contribution >= 0.6 is 24.0 Å². The number of ether oxygens (including phenoxy) is 1. The van der Waals surface area contributed by atoms with E-state index in [9.17, 15) is 0 Å². The molecule has 2 aliphatic rings. The summed E-state index contributed by atoms with van der Waals surface area (Å²) in [6, 6.07) is 0. The highest BCUT2D eigenvalue weighted by molar-refractivity contribution is 14.0. The summed E-state index contributed by atoms with van der Waals surface area (Å²) in [4.78, 5) is 6.74. The smallest absolute Gasteiger partial charge is 0.191 e. The van der Waals surface area contributed by atoms with E-state index in [1.165, 1.54) is 0 Å². The van der Waals surface area contributed by atoms with Crippen LogP contribution in [0.4, 0.5) is 0 Å². The number of guanidine groups is 1. The lowest BCUT2D eigenvalue weighted by atomic mass is 10.0. The lowest BCUT2D eigenvalue weighted by Gasteiger charge is -2.31. The first kappa shape index (κ1) is 17.0. The largest absolute Gasteiger partial charge is 0.375 e. The van der Waals surface area contributed by atoms with Gasteiger partial charge in [0.05, 0.1) is 12.7 Å². The molecule has 0 aromatic heterocycles. The zero-order valence-electron chi connectivity index (χ0n) is 12.8. The van der Waals surface area contributed by atoms with Crippen LogP contribution in [0.2, 0.25) is 0 Å². The second-order valence-electron chi connectivity index (χ2n) is 6.82. The highest BCUT2D eigenvalue weighted by Crippen LogP contribution is 2.68. The number of nitrogens with zero attached hydrogens (tertiary/aromatic N) is 2. The number of hydrogen-bond acceptors (Lipinski definition) is 2. The Morgan fingerprint density at radius 2 is 1.89 bits per heavy atom. The van der Waals surface area contributed by atoms with Crippen molar-refractivity contribution in [3.8, 4) is 0 Å². The maximum atomic E-state index is 6.08. The number of rotatable bonds is 2. The molecule has 0 bridgehead atoms. The molecular weight excluding hydrogens is 353 g/mol. The van der Waals surface area contributed by atoms with Gasteiger partial charge in [-0.3, -0.25) is 4.99 Å². The van der Waals surface area contributed by atoms with E-state index in [1.54, 1.807) is 0 Å². The number of nitrogens with two attached hydrogens (primary N) is 1. The quantitative estimate of drug-likeness (QED) is 0.454. The van der Waals surface area contributed by atoms with Gasteiger partial charge in [-0.05, 0) is 23.7 Å². The van der Waals surface area contributed by atoms with Gasteiger partial charge in [0, 0.05) is 19.6 Å². The fourth-order valence-electron chi connectivity index (χ4n) is 3.10. The Morgan fingerprint density at radius 3 is 2.37 bits per heavy atom. The van der Waals surface area contributed by atoms with Gasteiger partial charge in [-0.25, -0.2) is 0 Å². The van der Waals surface area contributed by atoms with Crippen LogP contribution in [-0.2, 0) is 4.74 Å². The number of aliphatic imine (C=N–C) groups is 1. The van der Waals surface area contributed by atoms with Crippen molar-refractivity contribution in [2.45, 2.75) is 40.7 Å². The average molecular weight is 381 g/mol. The molecule has 0 aromatic rings. The molecule has 2 fully saturated rings. The van der Waals surface area contributed by atoms with Crippen LogP contribution < -0.4 is 5.73 Å². The van der Waals surface area contributed by atoms with Crippen molar-refractivity contribution >= 4 is 29.9 Å². The minimum atomic E-state index is 0. The summed E-state index contributed by atoms with van der Waals surface area (Å²) in [6.07, 6.45) is 0.251. The maximum Gasteiger partial charge on any atom is 0.191 e. The van der Waals surface area contributed by atoms with Gasteiger partial charge >= 0.3 is 0 Å². The van der Waals surface area contributed by atoms with Crippen molar-refractivity contribution in [2.24, 2.45) is 27.5 Å². The van der Waals surface area contributed by atoms with Crippen molar-refractivity contribution in [3.05, 3.63) is 0 Å². The Bertz CT molecular complexity index is 341. The van der Waals surface area contributed by atoms with Crippen molar-refractivity contribution in [1.29, 1.82) is 0 Å². The molecule has 1 unspecified atom stereocenters. The third kappa shape index (κ3) is 3.17. The fourth-order valence-corrected chi connectivity index (χ4v) is 3.10. The van der Waals surface area contributed by atoms with Crippen molar-refractivity contribution in [2.75, 3.05) is 26.2 Å². The summed E-state index contributed by atoms with van der Waals surface area (Å²) >= 11 is 0. The van der Waals surface area contributed by atoms with Gasteiger partial charge in [-0.2, -0.15) is 0 Å². The third-order valence-electron chi connectivity index (χ3n) is 5.32. The molecule has 1 heterocycles. The highest BCUT2D eigenvalue weighted by Gasteiger charge is 2.64. The molecule has 0 spiro atoms. The summed E-state index contributed by atoms with van der Waals surface area (Å²) in [7, 11) is 0. The molecule has 1 saturated heterocycles. The van der Waals surface area contributed by atoms with Crippen molar-refractivity contribution in [3.63, 3.8) is 0 Å². The predicted octanol–water partition coefficient (Wildman–Crippen LogP) is 2.32. The normalized spacial score (nSPS) is 29.8. The van der Waals surface area contributed by atoms with Crippen LogP contribution in [0.15, 0.2) is 4.99 Å². The Labute approximate surface area is 134 Å². The standard InChI is InChI=1S/C14H27N3O.HI/c1-10-9-17(6-7-18-10)12(15)16-8-11-13(2,3)14(11,4)5;/h10-11H,6-9H2,1-5H3,(H2,15,16);1H. The molecule has 2 rings (SSSR count). The van der Waals surface area contributed by atoms with E-state index in [0.29, 0.717) is 22.7 Å². The summed E-state index contributed by atoms with van der Waals surface area (Å²) in [5.74, 6) is 1.32. The second-order valence-corrected chi connectivity index (χ2v) is 6.82. The zero-order chi connectivity index (χ0) is 13.6. The van der Waals surface area contributed by atoms with E-state index in [2.05, 4.69) is 44.5 Å². The van der Waals surface area contributed by atoms with Gasteiger partial charge < -0.3 is 15.4 Å². The maximum absolute atomic E-state index is 6.08. The molecular formula is C14H28IN3O. The average Bonchev–Trinajstić information content (AvgIpc) is 2.66. The Morgan fingerprint density at radius 1 is 1.32 bits per heavy atom. The van der Waals surface area contributed by atoms with Gasteiger partial charge in [-0.15, -0.1) is 24.0 Å². The van der Waals surface area contributed by atoms with Crippen LogP contribution in [0.1, 0.15) is 34.6 Å². The molecule has 19 heavy (non-hydrogen) atoms. The van der Waals surface area contributed by atoms with E-state index < -0.39 is 0 Å². The SMILES string of the molecule is CC1CN(C(N)=NCC2C(C)(C)C2(C)C)CCO1.I. The third-order valence-corrected chi connectivity index (χ3v) is 5.32. The monoisotopic (exact) mass is 381 g/mol. The Kier molecular flexibility index (Phi) is 5.15. The van der Waals surface area contributed by atoms with E-state index in [0.717, 1.165) is 26.2 Å². The Balaban J connectivity index is 0.00000180. The van der Waals surface area contributed by atoms with Gasteiger partial charge in [0.25, 0.3) is 0 Å². The first-order valence-electron chi connectivity index (χ1n) is 6.93. The lowest BCUT2D eigenvalue weighted by molar-refractivity contribution is 0.00528. The van der Waals surface area contributed by atoms with Crippen molar-refractivity contribution < 1.29 is 4.74 Å². The fraction of sp³-hybridized carbons (Fsp3) is 0.929. The molecule has 0 radical (unpaired) electrons. The first-order valence-corrected chi connectivity index (χ1v) is 6.93. The molecule has 1 aliphatic carbocycles. The number of morpholine rings is 1. The molecule has 1 atom stereocenters. The van der Waals surface area contributed by atoms with Crippen LogP contribution in [-0.4, -0.2) is 43.2 Å². The van der Waals surface area contributed by atoms with Gasteiger partial charge in [0.15, 0.2) is 5.96 Å². The topological polar surface area (TPSA) is 50.8 Å². The molecule has 2 N–H and O–H groups in total. The lowest BCUT2D eigenvalue weighted by Crippen LogP contribution is -2.48. The first-order chi connectivity index (χ1) is 8.26.